The number of hydrogen-bond donors (Lipinski definition) is 1. The molecule has 2 amide bonds. The molecule has 0 fully saturated rings. The van der Waals surface area contributed by atoms with Gasteiger partial charge >= 0.3 is 18.2 Å². The Morgan fingerprint density at radius 3 is 2.62 bits per heavy atom. The molecule has 0 saturated heterocycles. The predicted octanol–water partition coefficient (Wildman–Crippen LogP) is 4.33. The fraction of sp³-hybridized carbons (Fsp3) is 0.400. The van der Waals surface area contributed by atoms with Crippen molar-refractivity contribution in [3.63, 3.8) is 0 Å². The molecule has 208 valence electrons. The second kappa shape index (κ2) is 11.2. The van der Waals surface area contributed by atoms with E-state index in [0.29, 0.717) is 40.3 Å². The van der Waals surface area contributed by atoms with E-state index in [1.807, 2.05) is 0 Å². The van der Waals surface area contributed by atoms with Crippen molar-refractivity contribution >= 4 is 52.2 Å². The van der Waals surface area contributed by atoms with Crippen LogP contribution in [-0.2, 0) is 19.0 Å². The zero-order valence-electron chi connectivity index (χ0n) is 22.1. The Morgan fingerprint density at radius 1 is 1.15 bits per heavy atom. The van der Waals surface area contributed by atoms with E-state index in [-0.39, 0.29) is 24.2 Å². The zero-order chi connectivity index (χ0) is 28.3. The Labute approximate surface area is 228 Å². The van der Waals surface area contributed by atoms with Gasteiger partial charge in [-0.25, -0.2) is 24.0 Å². The number of pyridine rings is 1. The van der Waals surface area contributed by atoms with Gasteiger partial charge in [0.2, 0.25) is 0 Å². The third-order valence-electron chi connectivity index (χ3n) is 5.34. The predicted molar refractivity (Wildman–Crippen MR) is 141 cm³/mol. The topological polar surface area (TPSA) is 143 Å². The van der Waals surface area contributed by atoms with Gasteiger partial charge in [-0.1, -0.05) is 11.6 Å². The highest BCUT2D eigenvalue weighted by molar-refractivity contribution is 6.30. The number of methoxy groups -OCH3 is 1. The summed E-state index contributed by atoms with van der Waals surface area (Å²) in [4.78, 5) is 42.3. The fourth-order valence-corrected chi connectivity index (χ4v) is 3.94. The summed E-state index contributed by atoms with van der Waals surface area (Å²) in [5.41, 5.74) is 0.700. The number of fused-ring (bicyclic) bond motifs is 2. The molecular weight excluding hydrogens is 534 g/mol. The molecule has 0 unspecified atom stereocenters. The van der Waals surface area contributed by atoms with Crippen LogP contribution in [-0.4, -0.2) is 72.0 Å². The molecule has 2 aromatic heterocycles. The standard InChI is InChI=1S/C25H28ClN5O8/c1-6-36-21(32)13-38-23(33)28-22-14-12-27-20(26)11-15(14)31(29-22)17-10-19-16(9-18(17)35-5)30(7-8-37-19)24(34)39-25(2,3)4/h9-12H,6-8,13H2,1-5H3,(H,28,29,33). The van der Waals surface area contributed by atoms with Gasteiger partial charge < -0.3 is 23.7 Å². The molecule has 14 heteroatoms. The molecule has 0 atom stereocenters. The maximum absolute atomic E-state index is 12.9. The highest BCUT2D eigenvalue weighted by Crippen LogP contribution is 2.41. The quantitative estimate of drug-likeness (QED) is 0.262. The van der Waals surface area contributed by atoms with E-state index in [2.05, 4.69) is 15.4 Å². The molecule has 0 bridgehead atoms. The Kier molecular flexibility index (Phi) is 8.00. The first-order valence-corrected chi connectivity index (χ1v) is 12.4. The number of esters is 1. The van der Waals surface area contributed by atoms with Gasteiger partial charge in [0.25, 0.3) is 0 Å². The smallest absolute Gasteiger partial charge is 0.415 e. The number of carbonyl (C=O) groups is 3. The Morgan fingerprint density at radius 2 is 1.92 bits per heavy atom. The van der Waals surface area contributed by atoms with Gasteiger partial charge in [0, 0.05) is 24.4 Å². The van der Waals surface area contributed by atoms with Gasteiger partial charge in [-0.2, -0.15) is 0 Å². The lowest BCUT2D eigenvalue weighted by atomic mass is 10.2. The van der Waals surface area contributed by atoms with Gasteiger partial charge in [-0.3, -0.25) is 10.2 Å². The number of benzene rings is 1. The van der Waals surface area contributed by atoms with Crippen LogP contribution in [0.2, 0.25) is 5.15 Å². The van der Waals surface area contributed by atoms with Crippen LogP contribution in [0.1, 0.15) is 27.7 Å². The highest BCUT2D eigenvalue weighted by Gasteiger charge is 2.30. The molecule has 0 spiro atoms. The van der Waals surface area contributed by atoms with E-state index in [0.717, 1.165) is 0 Å². The lowest BCUT2D eigenvalue weighted by Crippen LogP contribution is -2.41. The molecule has 1 aromatic carbocycles. The number of aromatic nitrogens is 3. The van der Waals surface area contributed by atoms with Crippen molar-refractivity contribution in [3.05, 3.63) is 29.5 Å². The monoisotopic (exact) mass is 561 g/mol. The fourth-order valence-electron chi connectivity index (χ4n) is 3.79. The highest BCUT2D eigenvalue weighted by atomic mass is 35.5. The van der Waals surface area contributed by atoms with Crippen LogP contribution in [0.25, 0.3) is 16.6 Å². The van der Waals surface area contributed by atoms with Crippen LogP contribution >= 0.6 is 11.6 Å². The van der Waals surface area contributed by atoms with E-state index < -0.39 is 30.4 Å². The van der Waals surface area contributed by atoms with Gasteiger partial charge in [0.1, 0.15) is 34.5 Å². The van der Waals surface area contributed by atoms with Crippen LogP contribution in [0.15, 0.2) is 24.4 Å². The average Bonchev–Trinajstić information content (AvgIpc) is 3.22. The van der Waals surface area contributed by atoms with E-state index in [1.165, 1.54) is 22.9 Å². The molecular formula is C25H28ClN5O8. The summed E-state index contributed by atoms with van der Waals surface area (Å²) in [6, 6.07) is 4.87. The minimum Gasteiger partial charge on any atom is -0.494 e. The summed E-state index contributed by atoms with van der Waals surface area (Å²) >= 11 is 6.17. The van der Waals surface area contributed by atoms with Gasteiger partial charge in [-0.05, 0) is 27.7 Å². The number of nitrogens with one attached hydrogen (secondary N) is 1. The number of hydrogen-bond acceptors (Lipinski definition) is 10. The number of anilines is 2. The minimum absolute atomic E-state index is 0.0964. The maximum Gasteiger partial charge on any atom is 0.415 e. The van der Waals surface area contributed by atoms with Crippen LogP contribution in [0, 0.1) is 0 Å². The lowest BCUT2D eigenvalue weighted by Gasteiger charge is -2.32. The number of nitrogens with zero attached hydrogens (tertiary/aromatic N) is 4. The number of halogens is 1. The van der Waals surface area contributed by atoms with Gasteiger partial charge in [0.05, 0.1) is 36.9 Å². The van der Waals surface area contributed by atoms with Crippen molar-refractivity contribution in [2.45, 2.75) is 33.3 Å². The first kappa shape index (κ1) is 27.8. The Bertz CT molecular complexity index is 1420. The van der Waals surface area contributed by atoms with Gasteiger partial charge in [0.15, 0.2) is 12.4 Å². The van der Waals surface area contributed by atoms with Crippen molar-refractivity contribution in [3.8, 4) is 17.2 Å². The third kappa shape index (κ3) is 6.25. The third-order valence-corrected chi connectivity index (χ3v) is 5.55. The van der Waals surface area contributed by atoms with Crippen molar-refractivity contribution in [2.75, 3.05) is 43.7 Å². The van der Waals surface area contributed by atoms with Crippen LogP contribution < -0.4 is 19.7 Å². The summed E-state index contributed by atoms with van der Waals surface area (Å²) < 4.78 is 28.2. The summed E-state index contributed by atoms with van der Waals surface area (Å²) in [5.74, 6) is 0.159. The molecule has 1 aliphatic rings. The molecule has 0 saturated carbocycles. The van der Waals surface area contributed by atoms with Crippen molar-refractivity contribution in [1.82, 2.24) is 14.8 Å². The molecule has 3 aromatic rings. The van der Waals surface area contributed by atoms with Crippen molar-refractivity contribution in [2.24, 2.45) is 0 Å². The molecule has 4 rings (SSSR count). The summed E-state index contributed by atoms with van der Waals surface area (Å²) in [6.45, 7) is 7.14. The number of rotatable bonds is 6. The summed E-state index contributed by atoms with van der Waals surface area (Å²) in [7, 11) is 1.47. The molecule has 39 heavy (non-hydrogen) atoms. The first-order chi connectivity index (χ1) is 18.5. The molecule has 13 nitrogen and oxygen atoms in total. The number of ether oxygens (including phenoxy) is 5. The lowest BCUT2D eigenvalue weighted by molar-refractivity contribution is -0.146. The van der Waals surface area contributed by atoms with E-state index >= 15 is 0 Å². The van der Waals surface area contributed by atoms with E-state index in [9.17, 15) is 14.4 Å². The maximum atomic E-state index is 12.9. The van der Waals surface area contributed by atoms with Gasteiger partial charge in [-0.15, -0.1) is 5.10 Å². The summed E-state index contributed by atoms with van der Waals surface area (Å²) in [5, 5.41) is 7.64. The molecule has 1 N–H and O–H groups in total. The molecule has 1 aliphatic heterocycles. The van der Waals surface area contributed by atoms with Crippen LogP contribution in [0.4, 0.5) is 21.1 Å². The first-order valence-electron chi connectivity index (χ1n) is 12.0. The van der Waals surface area contributed by atoms with Crippen molar-refractivity contribution < 1.29 is 38.1 Å². The number of carbonyl (C=O) groups excluding carboxylic acids is 3. The largest absolute Gasteiger partial charge is 0.494 e. The van der Waals surface area contributed by atoms with Crippen LogP contribution in [0.5, 0.6) is 11.5 Å². The Balaban J connectivity index is 1.72. The number of amides is 2. The van der Waals surface area contributed by atoms with Crippen molar-refractivity contribution in [1.29, 1.82) is 0 Å². The molecule has 0 radical (unpaired) electrons. The second-order valence-electron chi connectivity index (χ2n) is 9.26. The zero-order valence-corrected chi connectivity index (χ0v) is 22.8. The average molecular weight is 562 g/mol. The Hall–Kier alpha value is -4.26. The molecule has 3 heterocycles. The van der Waals surface area contributed by atoms with Crippen LogP contribution in [0.3, 0.4) is 0 Å². The minimum atomic E-state index is -0.918. The van der Waals surface area contributed by atoms with E-state index in [4.69, 9.17) is 35.3 Å². The molecule has 0 aliphatic carbocycles. The summed E-state index contributed by atoms with van der Waals surface area (Å²) in [6.07, 6.45) is 0.00339. The second-order valence-corrected chi connectivity index (χ2v) is 9.65. The SMILES string of the molecule is CCOC(=O)COC(=O)Nc1nn(-c2cc3c(cc2OC)N(C(=O)OC(C)(C)C)CCO3)c2cc(Cl)ncc12. The normalized spacial score (nSPS) is 12.8. The van der Waals surface area contributed by atoms with E-state index in [1.54, 1.807) is 45.9 Å².